The summed E-state index contributed by atoms with van der Waals surface area (Å²) in [4.78, 5) is 6.22. The predicted molar refractivity (Wildman–Crippen MR) is 58.5 cm³/mol. The molecular weight excluding hydrogens is 206 g/mol. The third-order valence-corrected chi connectivity index (χ3v) is 3.57. The normalized spacial score (nSPS) is 29.7. The Morgan fingerprint density at radius 2 is 2.19 bits per heavy atom. The Morgan fingerprint density at radius 1 is 1.31 bits per heavy atom. The molecule has 2 aliphatic heterocycles. The smallest absolute Gasteiger partial charge is 0.135 e. The van der Waals surface area contributed by atoms with Crippen LogP contribution in [0.4, 0.5) is 5.69 Å². The minimum atomic E-state index is 0.194. The Bertz CT molecular complexity index is 399. The lowest BCUT2D eigenvalue weighted by molar-refractivity contribution is -0.0730. The van der Waals surface area contributed by atoms with Crippen LogP contribution in [0, 0.1) is 5.92 Å². The molecule has 86 valence electrons. The number of pyridine rings is 1. The van der Waals surface area contributed by atoms with Gasteiger partial charge in [-0.05, 0) is 12.3 Å². The topological polar surface area (TPSA) is 59.8 Å². The molecule has 0 amide bonds. The van der Waals surface area contributed by atoms with Gasteiger partial charge in [-0.2, -0.15) is 5.06 Å². The molecule has 2 fully saturated rings. The molecule has 5 heteroatoms. The number of anilines is 1. The van der Waals surface area contributed by atoms with Crippen molar-refractivity contribution in [3.05, 3.63) is 18.5 Å². The monoisotopic (exact) mass is 221 g/mol. The van der Waals surface area contributed by atoms with Crippen molar-refractivity contribution in [3.63, 3.8) is 0 Å². The van der Waals surface area contributed by atoms with Crippen molar-refractivity contribution in [3.8, 4) is 5.75 Å². The fourth-order valence-corrected chi connectivity index (χ4v) is 2.83. The van der Waals surface area contributed by atoms with Gasteiger partial charge in [-0.25, -0.2) is 0 Å². The van der Waals surface area contributed by atoms with Gasteiger partial charge in [0, 0.05) is 31.7 Å². The molecule has 0 aliphatic carbocycles. The summed E-state index contributed by atoms with van der Waals surface area (Å²) < 4.78 is 0. The van der Waals surface area contributed by atoms with Crippen LogP contribution in [-0.2, 0) is 0 Å². The molecule has 3 rings (SSSR count). The molecule has 1 aromatic rings. The number of aromatic hydroxyl groups is 1. The summed E-state index contributed by atoms with van der Waals surface area (Å²) in [5.74, 6) is 0.729. The van der Waals surface area contributed by atoms with Crippen molar-refractivity contribution in [2.24, 2.45) is 5.92 Å². The summed E-state index contributed by atoms with van der Waals surface area (Å²) in [6, 6.07) is 2.09. The summed E-state index contributed by atoms with van der Waals surface area (Å²) in [6.07, 6.45) is 4.30. The van der Waals surface area contributed by atoms with Gasteiger partial charge < -0.3 is 15.2 Å². The highest BCUT2D eigenvalue weighted by molar-refractivity contribution is 5.50. The van der Waals surface area contributed by atoms with Gasteiger partial charge in [-0.3, -0.25) is 4.98 Å². The summed E-state index contributed by atoms with van der Waals surface area (Å²) >= 11 is 0. The van der Waals surface area contributed by atoms with Crippen molar-refractivity contribution in [2.75, 3.05) is 24.5 Å². The molecule has 2 N–H and O–H groups in total. The zero-order chi connectivity index (χ0) is 11.1. The summed E-state index contributed by atoms with van der Waals surface area (Å²) in [6.45, 7) is 2.42. The zero-order valence-electron chi connectivity index (χ0n) is 8.95. The van der Waals surface area contributed by atoms with Crippen LogP contribution in [0.1, 0.15) is 6.42 Å². The van der Waals surface area contributed by atoms with Crippen LogP contribution in [-0.4, -0.2) is 46.0 Å². The maximum absolute atomic E-state index is 9.50. The number of hydrogen-bond acceptors (Lipinski definition) is 5. The molecule has 2 atom stereocenters. The average molecular weight is 221 g/mol. The van der Waals surface area contributed by atoms with E-state index in [1.165, 1.54) is 11.3 Å². The summed E-state index contributed by atoms with van der Waals surface area (Å²) in [5.41, 5.74) is 0.947. The molecule has 16 heavy (non-hydrogen) atoms. The van der Waals surface area contributed by atoms with E-state index in [0.29, 0.717) is 18.5 Å². The fourth-order valence-electron chi connectivity index (χ4n) is 2.83. The Morgan fingerprint density at radius 3 is 3.00 bits per heavy atom. The number of hydrogen-bond donors (Lipinski definition) is 2. The number of rotatable bonds is 1. The van der Waals surface area contributed by atoms with E-state index in [4.69, 9.17) is 0 Å². The second-order valence-corrected chi connectivity index (χ2v) is 4.58. The third kappa shape index (κ3) is 1.52. The van der Waals surface area contributed by atoms with Crippen LogP contribution in [0.3, 0.4) is 0 Å². The van der Waals surface area contributed by atoms with Gasteiger partial charge in [0.2, 0.25) is 0 Å². The van der Waals surface area contributed by atoms with E-state index in [-0.39, 0.29) is 5.75 Å². The van der Waals surface area contributed by atoms with Gasteiger partial charge in [-0.1, -0.05) is 0 Å². The lowest BCUT2D eigenvalue weighted by Crippen LogP contribution is -2.34. The van der Waals surface area contributed by atoms with Crippen molar-refractivity contribution in [1.29, 1.82) is 0 Å². The van der Waals surface area contributed by atoms with E-state index < -0.39 is 0 Å². The van der Waals surface area contributed by atoms with Crippen LogP contribution < -0.4 is 4.90 Å². The van der Waals surface area contributed by atoms with E-state index in [1.54, 1.807) is 12.3 Å². The molecule has 5 nitrogen and oxygen atoms in total. The van der Waals surface area contributed by atoms with E-state index in [2.05, 4.69) is 9.88 Å². The minimum Gasteiger partial charge on any atom is -0.506 e. The average Bonchev–Trinajstić information content (AvgIpc) is 2.76. The first-order valence-electron chi connectivity index (χ1n) is 5.58. The van der Waals surface area contributed by atoms with Crippen molar-refractivity contribution < 1.29 is 10.3 Å². The second kappa shape index (κ2) is 3.61. The predicted octanol–water partition coefficient (Wildman–Crippen LogP) is 0.687. The van der Waals surface area contributed by atoms with Gasteiger partial charge in [0.1, 0.15) is 5.75 Å². The van der Waals surface area contributed by atoms with E-state index in [1.807, 2.05) is 0 Å². The lowest BCUT2D eigenvalue weighted by Gasteiger charge is -2.25. The lowest BCUT2D eigenvalue weighted by atomic mass is 10.1. The molecule has 0 unspecified atom stereocenters. The largest absolute Gasteiger partial charge is 0.506 e. The molecule has 1 aromatic heterocycles. The first-order chi connectivity index (χ1) is 7.74. The van der Waals surface area contributed by atoms with Gasteiger partial charge in [0.25, 0.3) is 0 Å². The molecule has 2 aliphatic rings. The Kier molecular flexibility index (Phi) is 2.22. The van der Waals surface area contributed by atoms with Crippen LogP contribution in [0.5, 0.6) is 5.75 Å². The van der Waals surface area contributed by atoms with Gasteiger partial charge in [0.15, 0.2) is 0 Å². The number of aromatic nitrogens is 1. The first-order valence-corrected chi connectivity index (χ1v) is 5.58. The zero-order valence-corrected chi connectivity index (χ0v) is 8.95. The quantitative estimate of drug-likeness (QED) is 0.730. The van der Waals surface area contributed by atoms with Crippen LogP contribution in [0.2, 0.25) is 0 Å². The summed E-state index contributed by atoms with van der Waals surface area (Å²) in [5, 5.41) is 20.3. The maximum Gasteiger partial charge on any atom is 0.135 e. The SMILES string of the molecule is Oc1cncc(N2CC[C@H]3CN(O)C[C@H]32)c1. The van der Waals surface area contributed by atoms with E-state index in [0.717, 1.165) is 25.2 Å². The van der Waals surface area contributed by atoms with Gasteiger partial charge in [-0.15, -0.1) is 0 Å². The van der Waals surface area contributed by atoms with Gasteiger partial charge in [0.05, 0.1) is 18.1 Å². The van der Waals surface area contributed by atoms with Gasteiger partial charge >= 0.3 is 0 Å². The highest BCUT2D eigenvalue weighted by Crippen LogP contribution is 2.34. The van der Waals surface area contributed by atoms with Crippen molar-refractivity contribution in [1.82, 2.24) is 10.0 Å². The standard InChI is InChI=1S/C11H15N3O2/c15-10-3-9(4-12-5-10)14-2-1-8-6-13(16)7-11(8)14/h3-5,8,11,15-16H,1-2,6-7H2/t8-,11+/m0/s1. The van der Waals surface area contributed by atoms with E-state index >= 15 is 0 Å². The highest BCUT2D eigenvalue weighted by Gasteiger charge is 2.41. The fraction of sp³-hybridized carbons (Fsp3) is 0.545. The highest BCUT2D eigenvalue weighted by atomic mass is 16.5. The molecule has 2 saturated heterocycles. The molecule has 3 heterocycles. The van der Waals surface area contributed by atoms with Crippen LogP contribution >= 0.6 is 0 Å². The Labute approximate surface area is 93.9 Å². The van der Waals surface area contributed by atoms with Crippen molar-refractivity contribution in [2.45, 2.75) is 12.5 Å². The van der Waals surface area contributed by atoms with Crippen molar-refractivity contribution >= 4 is 5.69 Å². The molecule has 0 saturated carbocycles. The number of nitrogens with zero attached hydrogens (tertiary/aromatic N) is 3. The van der Waals surface area contributed by atoms with Crippen LogP contribution in [0.25, 0.3) is 0 Å². The summed E-state index contributed by atoms with van der Waals surface area (Å²) in [7, 11) is 0. The molecule has 0 aromatic carbocycles. The maximum atomic E-state index is 9.50. The molecular formula is C11H15N3O2. The van der Waals surface area contributed by atoms with Crippen LogP contribution in [0.15, 0.2) is 18.5 Å². The Balaban J connectivity index is 1.86. The molecule has 0 radical (unpaired) electrons. The third-order valence-electron chi connectivity index (χ3n) is 3.57. The molecule has 0 spiro atoms. The minimum absolute atomic E-state index is 0.194. The van der Waals surface area contributed by atoms with E-state index in [9.17, 15) is 10.3 Å². The number of fused-ring (bicyclic) bond motifs is 1. The first kappa shape index (κ1) is 9.86. The second-order valence-electron chi connectivity index (χ2n) is 4.58. The number of hydroxylamine groups is 2. The molecule has 0 bridgehead atoms. The Hall–Kier alpha value is -1.33.